The number of benzene rings is 1. The number of halogens is 2. The molecule has 0 aliphatic heterocycles. The van der Waals surface area contributed by atoms with E-state index in [1.807, 2.05) is 0 Å². The van der Waals surface area contributed by atoms with Gasteiger partial charge in [0.15, 0.2) is 0 Å². The van der Waals surface area contributed by atoms with Crippen molar-refractivity contribution in [2.75, 3.05) is 7.05 Å². The van der Waals surface area contributed by atoms with Gasteiger partial charge in [-0.1, -0.05) is 27.5 Å². The van der Waals surface area contributed by atoms with Crippen LogP contribution in [-0.2, 0) is 4.79 Å². The van der Waals surface area contributed by atoms with Gasteiger partial charge in [-0.3, -0.25) is 9.59 Å². The third-order valence-corrected chi connectivity index (χ3v) is 4.36. The fraction of sp³-hybridized carbons (Fsp3) is 0.429. The topological polar surface area (TPSA) is 37.4 Å². The summed E-state index contributed by atoms with van der Waals surface area (Å²) in [6, 6.07) is 5.37. The molecule has 0 N–H and O–H groups in total. The van der Waals surface area contributed by atoms with Gasteiger partial charge in [-0.2, -0.15) is 0 Å². The minimum absolute atomic E-state index is 0.0920. The summed E-state index contributed by atoms with van der Waals surface area (Å²) < 4.78 is 0.826. The minimum Gasteiger partial charge on any atom is -0.339 e. The predicted octanol–water partition coefficient (Wildman–Crippen LogP) is 3.69. The molecule has 0 atom stereocenters. The largest absolute Gasteiger partial charge is 0.339 e. The van der Waals surface area contributed by atoms with Gasteiger partial charge in [0.1, 0.15) is 5.78 Å². The number of rotatable bonds is 2. The summed E-state index contributed by atoms with van der Waals surface area (Å²) in [5.74, 6) is 0.197. The monoisotopic (exact) mass is 343 g/mol. The van der Waals surface area contributed by atoms with E-state index in [1.54, 1.807) is 30.1 Å². The predicted molar refractivity (Wildman–Crippen MR) is 78.5 cm³/mol. The minimum atomic E-state index is -0.0920. The molecule has 0 aromatic heterocycles. The van der Waals surface area contributed by atoms with E-state index in [0.717, 1.165) is 17.3 Å². The average Bonchev–Trinajstić information content (AvgIpc) is 2.41. The Bertz CT molecular complexity index is 508. The summed E-state index contributed by atoms with van der Waals surface area (Å²) in [6.07, 6.45) is 2.61. The molecular weight excluding hydrogens is 330 g/mol. The van der Waals surface area contributed by atoms with E-state index in [0.29, 0.717) is 23.4 Å². The number of nitrogens with zero attached hydrogens (tertiary/aromatic N) is 1. The van der Waals surface area contributed by atoms with Crippen molar-refractivity contribution in [1.29, 1.82) is 0 Å². The Morgan fingerprint density at radius 2 is 2.00 bits per heavy atom. The Labute approximate surface area is 126 Å². The maximum atomic E-state index is 12.4. The molecule has 102 valence electrons. The van der Waals surface area contributed by atoms with Crippen LogP contribution in [-0.4, -0.2) is 29.7 Å². The first-order valence-corrected chi connectivity index (χ1v) is 7.40. The second-order valence-corrected chi connectivity index (χ2v) is 6.13. The molecule has 1 amide bonds. The third-order valence-electron chi connectivity index (χ3n) is 3.54. The third kappa shape index (κ3) is 3.37. The molecular formula is C14H15BrClNO2. The van der Waals surface area contributed by atoms with Crippen LogP contribution in [0.2, 0.25) is 5.02 Å². The molecule has 0 saturated heterocycles. The van der Waals surface area contributed by atoms with Gasteiger partial charge in [0.25, 0.3) is 5.91 Å². The highest BCUT2D eigenvalue weighted by atomic mass is 79.9. The lowest BCUT2D eigenvalue weighted by atomic mass is 9.93. The summed E-state index contributed by atoms with van der Waals surface area (Å²) in [5, 5.41) is 0.451. The van der Waals surface area contributed by atoms with Crippen LogP contribution in [0.25, 0.3) is 0 Å². The van der Waals surface area contributed by atoms with Crippen LogP contribution in [0.4, 0.5) is 0 Å². The van der Waals surface area contributed by atoms with Crippen LogP contribution in [0.1, 0.15) is 36.0 Å². The quantitative estimate of drug-likeness (QED) is 0.820. The van der Waals surface area contributed by atoms with Gasteiger partial charge in [0, 0.05) is 30.4 Å². The number of ketones is 1. The van der Waals surface area contributed by atoms with Crippen LogP contribution in [0.15, 0.2) is 22.7 Å². The number of carbonyl (C=O) groups is 2. The Morgan fingerprint density at radius 1 is 1.37 bits per heavy atom. The first-order chi connectivity index (χ1) is 8.99. The van der Waals surface area contributed by atoms with Crippen LogP contribution >= 0.6 is 27.5 Å². The Balaban J connectivity index is 2.14. The first-order valence-electron chi connectivity index (χ1n) is 6.23. The van der Waals surface area contributed by atoms with E-state index < -0.39 is 0 Å². The summed E-state index contributed by atoms with van der Waals surface area (Å²) in [4.78, 5) is 25.4. The van der Waals surface area contributed by atoms with E-state index in [2.05, 4.69) is 15.9 Å². The van der Waals surface area contributed by atoms with Crippen LogP contribution in [0.5, 0.6) is 0 Å². The van der Waals surface area contributed by atoms with Crippen molar-refractivity contribution in [1.82, 2.24) is 4.90 Å². The molecule has 1 aliphatic carbocycles. The second kappa shape index (κ2) is 6.06. The molecule has 1 aromatic carbocycles. The number of carbonyl (C=O) groups excluding carboxylic acids is 2. The molecule has 0 bridgehead atoms. The Kier molecular flexibility index (Phi) is 4.63. The first kappa shape index (κ1) is 14.5. The highest BCUT2D eigenvalue weighted by Crippen LogP contribution is 2.25. The second-order valence-electron chi connectivity index (χ2n) is 4.81. The fourth-order valence-corrected chi connectivity index (χ4v) is 2.89. The van der Waals surface area contributed by atoms with Crippen molar-refractivity contribution >= 4 is 39.2 Å². The van der Waals surface area contributed by atoms with Gasteiger partial charge in [-0.25, -0.2) is 0 Å². The smallest absolute Gasteiger partial charge is 0.255 e. The van der Waals surface area contributed by atoms with E-state index in [-0.39, 0.29) is 17.7 Å². The van der Waals surface area contributed by atoms with Gasteiger partial charge in [-0.15, -0.1) is 0 Å². The van der Waals surface area contributed by atoms with Gasteiger partial charge in [-0.05, 0) is 31.0 Å². The zero-order chi connectivity index (χ0) is 14.0. The van der Waals surface area contributed by atoms with Gasteiger partial charge >= 0.3 is 0 Å². The van der Waals surface area contributed by atoms with E-state index in [1.165, 1.54) is 0 Å². The molecule has 1 fully saturated rings. The fourth-order valence-electron chi connectivity index (χ4n) is 2.33. The molecule has 0 unspecified atom stereocenters. The molecule has 2 rings (SSSR count). The van der Waals surface area contributed by atoms with Crippen LogP contribution in [0, 0.1) is 0 Å². The van der Waals surface area contributed by atoms with E-state index >= 15 is 0 Å². The standard InChI is InChI=1S/C14H15BrClNO2/c1-17(10-3-5-11(18)6-4-10)14(19)12-8-9(15)2-7-13(12)16/h2,7-8,10H,3-6H2,1H3. The number of hydrogen-bond donors (Lipinski definition) is 0. The van der Waals surface area contributed by atoms with Gasteiger partial charge in [0.2, 0.25) is 0 Å². The molecule has 3 nitrogen and oxygen atoms in total. The molecule has 1 aliphatic rings. The maximum absolute atomic E-state index is 12.4. The van der Waals surface area contributed by atoms with Crippen molar-refractivity contribution < 1.29 is 9.59 Å². The number of Topliss-reactive ketones (excluding diaryl/α,β-unsaturated/α-hetero) is 1. The van der Waals surface area contributed by atoms with Gasteiger partial charge in [0.05, 0.1) is 10.6 Å². The zero-order valence-corrected chi connectivity index (χ0v) is 13.0. The van der Waals surface area contributed by atoms with E-state index in [4.69, 9.17) is 11.6 Å². The summed E-state index contributed by atoms with van der Waals surface area (Å²) in [6.45, 7) is 0. The van der Waals surface area contributed by atoms with Crippen molar-refractivity contribution in [3.05, 3.63) is 33.3 Å². The Morgan fingerprint density at radius 3 is 2.63 bits per heavy atom. The highest BCUT2D eigenvalue weighted by molar-refractivity contribution is 9.10. The van der Waals surface area contributed by atoms with Crippen LogP contribution < -0.4 is 0 Å². The molecule has 1 saturated carbocycles. The number of hydrogen-bond acceptors (Lipinski definition) is 2. The molecule has 0 spiro atoms. The van der Waals surface area contributed by atoms with Crippen molar-refractivity contribution in [2.45, 2.75) is 31.7 Å². The maximum Gasteiger partial charge on any atom is 0.255 e. The Hall–Kier alpha value is -0.870. The lowest BCUT2D eigenvalue weighted by Crippen LogP contribution is -2.39. The lowest BCUT2D eigenvalue weighted by molar-refractivity contribution is -0.121. The van der Waals surface area contributed by atoms with Crippen molar-refractivity contribution in [2.24, 2.45) is 0 Å². The van der Waals surface area contributed by atoms with E-state index in [9.17, 15) is 9.59 Å². The molecule has 19 heavy (non-hydrogen) atoms. The number of amides is 1. The summed E-state index contributed by atoms with van der Waals surface area (Å²) >= 11 is 9.42. The normalized spacial score (nSPS) is 16.5. The molecule has 5 heteroatoms. The van der Waals surface area contributed by atoms with Crippen molar-refractivity contribution in [3.63, 3.8) is 0 Å². The molecule has 1 aromatic rings. The molecule has 0 radical (unpaired) electrons. The average molecular weight is 345 g/mol. The molecule has 0 heterocycles. The SMILES string of the molecule is CN(C(=O)c1cc(Br)ccc1Cl)C1CCC(=O)CC1. The zero-order valence-electron chi connectivity index (χ0n) is 10.7. The highest BCUT2D eigenvalue weighted by Gasteiger charge is 2.26. The van der Waals surface area contributed by atoms with Crippen molar-refractivity contribution in [3.8, 4) is 0 Å². The van der Waals surface area contributed by atoms with Crippen LogP contribution in [0.3, 0.4) is 0 Å². The lowest BCUT2D eigenvalue weighted by Gasteiger charge is -2.31. The summed E-state index contributed by atoms with van der Waals surface area (Å²) in [7, 11) is 1.78. The van der Waals surface area contributed by atoms with Gasteiger partial charge < -0.3 is 4.90 Å². The summed E-state index contributed by atoms with van der Waals surface area (Å²) in [5.41, 5.74) is 0.496.